The van der Waals surface area contributed by atoms with Crippen LogP contribution in [0.4, 0.5) is 11.5 Å². The Labute approximate surface area is 188 Å². The van der Waals surface area contributed by atoms with Crippen molar-refractivity contribution in [2.24, 2.45) is 5.92 Å². The van der Waals surface area contributed by atoms with Gasteiger partial charge in [-0.15, -0.1) is 0 Å². The van der Waals surface area contributed by atoms with Gasteiger partial charge in [0.05, 0.1) is 36.4 Å². The quantitative estimate of drug-likeness (QED) is 0.586. The van der Waals surface area contributed by atoms with Gasteiger partial charge in [-0.05, 0) is 56.0 Å². The van der Waals surface area contributed by atoms with Gasteiger partial charge in [0, 0.05) is 13.1 Å². The number of carbonyl (C=O) groups excluding carboxylic acids is 1. The summed E-state index contributed by atoms with van der Waals surface area (Å²) in [7, 11) is 1.61. The Morgan fingerprint density at radius 1 is 1.19 bits per heavy atom. The maximum atomic E-state index is 13.1. The highest BCUT2D eigenvalue weighted by molar-refractivity contribution is 5.94. The lowest BCUT2D eigenvalue weighted by atomic mass is 9.97. The fourth-order valence-corrected chi connectivity index (χ4v) is 4.01. The van der Waals surface area contributed by atoms with Gasteiger partial charge < -0.3 is 19.7 Å². The SMILES string of the molecule is CCCOc1nc2ccccc2nc1N1CCCC(C(=O)Nc2cc(C)ccc2OC)C1. The molecule has 0 bridgehead atoms. The maximum Gasteiger partial charge on any atom is 0.258 e. The molecule has 1 aliphatic rings. The molecule has 0 saturated carbocycles. The number of nitrogens with one attached hydrogen (secondary N) is 1. The number of carbonyl (C=O) groups is 1. The summed E-state index contributed by atoms with van der Waals surface area (Å²) >= 11 is 0. The van der Waals surface area contributed by atoms with Crippen LogP contribution in [-0.2, 0) is 4.79 Å². The molecule has 1 aliphatic heterocycles. The summed E-state index contributed by atoms with van der Waals surface area (Å²) in [6, 6.07) is 13.6. The average Bonchev–Trinajstić information content (AvgIpc) is 2.82. The van der Waals surface area contributed by atoms with Gasteiger partial charge in [0.15, 0.2) is 5.82 Å². The number of nitrogens with zero attached hydrogens (tertiary/aromatic N) is 3. The Morgan fingerprint density at radius 2 is 1.97 bits per heavy atom. The summed E-state index contributed by atoms with van der Waals surface area (Å²) in [6.07, 6.45) is 2.60. The summed E-state index contributed by atoms with van der Waals surface area (Å²) in [6.45, 7) is 6.01. The minimum Gasteiger partial charge on any atom is -0.495 e. The second kappa shape index (κ2) is 9.85. The fourth-order valence-electron chi connectivity index (χ4n) is 4.01. The van der Waals surface area contributed by atoms with E-state index >= 15 is 0 Å². The maximum absolute atomic E-state index is 13.1. The Hall–Kier alpha value is -3.35. The second-order valence-corrected chi connectivity index (χ2v) is 8.17. The first-order valence-corrected chi connectivity index (χ1v) is 11.2. The molecule has 1 N–H and O–H groups in total. The molecular weight excluding hydrogens is 404 g/mol. The molecule has 1 amide bonds. The molecule has 7 heteroatoms. The third-order valence-corrected chi connectivity index (χ3v) is 5.67. The summed E-state index contributed by atoms with van der Waals surface area (Å²) in [5.41, 5.74) is 3.39. The standard InChI is InChI=1S/C25H30N4O3/c1-4-14-32-25-23(26-19-9-5-6-10-20(19)28-25)29-13-7-8-18(16-29)24(30)27-21-15-17(2)11-12-22(21)31-3/h5-6,9-12,15,18H,4,7-8,13-14,16H2,1-3H3,(H,27,30). The van der Waals surface area contributed by atoms with Crippen LogP contribution >= 0.6 is 0 Å². The van der Waals surface area contributed by atoms with Crippen molar-refractivity contribution in [1.29, 1.82) is 0 Å². The first-order valence-electron chi connectivity index (χ1n) is 11.2. The molecule has 0 spiro atoms. The second-order valence-electron chi connectivity index (χ2n) is 8.17. The van der Waals surface area contributed by atoms with E-state index in [9.17, 15) is 4.79 Å². The Bertz CT molecular complexity index is 1100. The highest BCUT2D eigenvalue weighted by Gasteiger charge is 2.29. The number of methoxy groups -OCH3 is 1. The Kier molecular flexibility index (Phi) is 6.73. The minimum absolute atomic E-state index is 0.0108. The molecule has 1 unspecified atom stereocenters. The molecule has 1 atom stereocenters. The van der Waals surface area contributed by atoms with Gasteiger partial charge >= 0.3 is 0 Å². The molecule has 168 valence electrons. The topological polar surface area (TPSA) is 76.6 Å². The van der Waals surface area contributed by atoms with Crippen molar-refractivity contribution in [2.75, 3.05) is 37.0 Å². The molecule has 0 radical (unpaired) electrons. The van der Waals surface area contributed by atoms with E-state index in [2.05, 4.69) is 17.1 Å². The molecule has 0 aliphatic carbocycles. The fraction of sp³-hybridized carbons (Fsp3) is 0.400. The lowest BCUT2D eigenvalue weighted by Gasteiger charge is -2.33. The first-order chi connectivity index (χ1) is 15.6. The van der Waals surface area contributed by atoms with Gasteiger partial charge in [0.1, 0.15) is 5.75 Å². The first kappa shape index (κ1) is 21.9. The van der Waals surface area contributed by atoms with Crippen LogP contribution in [0.15, 0.2) is 42.5 Å². The van der Waals surface area contributed by atoms with Crippen molar-refractivity contribution in [3.8, 4) is 11.6 Å². The largest absolute Gasteiger partial charge is 0.495 e. The van der Waals surface area contributed by atoms with E-state index < -0.39 is 0 Å². The molecule has 3 aromatic rings. The van der Waals surface area contributed by atoms with E-state index in [1.807, 2.05) is 49.4 Å². The molecule has 1 fully saturated rings. The number of para-hydroxylation sites is 2. The van der Waals surface area contributed by atoms with Crippen LogP contribution in [-0.4, -0.2) is 42.7 Å². The van der Waals surface area contributed by atoms with Crippen LogP contribution < -0.4 is 19.7 Å². The van der Waals surface area contributed by atoms with Crippen molar-refractivity contribution < 1.29 is 14.3 Å². The van der Waals surface area contributed by atoms with Crippen molar-refractivity contribution in [2.45, 2.75) is 33.1 Å². The number of hydrogen-bond donors (Lipinski definition) is 1. The summed E-state index contributed by atoms with van der Waals surface area (Å²) in [5, 5.41) is 3.06. The lowest BCUT2D eigenvalue weighted by molar-refractivity contribution is -0.120. The molecule has 1 aromatic heterocycles. The van der Waals surface area contributed by atoms with Crippen LogP contribution in [0.25, 0.3) is 11.0 Å². The van der Waals surface area contributed by atoms with Crippen LogP contribution in [0, 0.1) is 12.8 Å². The zero-order chi connectivity index (χ0) is 22.5. The molecule has 1 saturated heterocycles. The summed E-state index contributed by atoms with van der Waals surface area (Å²) < 4.78 is 11.4. The van der Waals surface area contributed by atoms with Crippen molar-refractivity contribution in [3.05, 3.63) is 48.0 Å². The van der Waals surface area contributed by atoms with Crippen molar-refractivity contribution in [1.82, 2.24) is 9.97 Å². The third kappa shape index (κ3) is 4.77. The summed E-state index contributed by atoms with van der Waals surface area (Å²) in [4.78, 5) is 24.8. The van der Waals surface area contributed by atoms with Crippen molar-refractivity contribution in [3.63, 3.8) is 0 Å². The number of hydrogen-bond acceptors (Lipinski definition) is 6. The number of aryl methyl sites for hydroxylation is 1. The van der Waals surface area contributed by atoms with Gasteiger partial charge in [-0.25, -0.2) is 9.97 Å². The van der Waals surface area contributed by atoms with Crippen LogP contribution in [0.5, 0.6) is 11.6 Å². The zero-order valence-corrected chi connectivity index (χ0v) is 18.9. The van der Waals surface area contributed by atoms with E-state index in [1.54, 1.807) is 7.11 Å². The lowest BCUT2D eigenvalue weighted by Crippen LogP contribution is -2.41. The predicted molar refractivity (Wildman–Crippen MR) is 127 cm³/mol. The number of ether oxygens (including phenoxy) is 2. The van der Waals surface area contributed by atoms with Crippen LogP contribution in [0.1, 0.15) is 31.7 Å². The average molecular weight is 435 g/mol. The third-order valence-electron chi connectivity index (χ3n) is 5.67. The number of amides is 1. The Balaban J connectivity index is 1.56. The Morgan fingerprint density at radius 3 is 2.72 bits per heavy atom. The molecule has 2 heterocycles. The number of fused-ring (bicyclic) bond motifs is 1. The van der Waals surface area contributed by atoms with Crippen molar-refractivity contribution >= 4 is 28.4 Å². The van der Waals surface area contributed by atoms with Gasteiger partial charge in [0.25, 0.3) is 5.88 Å². The van der Waals surface area contributed by atoms with Crippen LogP contribution in [0.2, 0.25) is 0 Å². The van der Waals surface area contributed by atoms with Gasteiger partial charge in [-0.1, -0.05) is 25.1 Å². The predicted octanol–water partition coefficient (Wildman–Crippen LogP) is 4.59. The highest BCUT2D eigenvalue weighted by Crippen LogP contribution is 2.32. The molecule has 7 nitrogen and oxygen atoms in total. The van der Waals surface area contributed by atoms with E-state index in [0.29, 0.717) is 36.3 Å². The van der Waals surface area contributed by atoms with Crippen LogP contribution in [0.3, 0.4) is 0 Å². The number of benzene rings is 2. The van der Waals surface area contributed by atoms with Gasteiger partial charge in [-0.3, -0.25) is 4.79 Å². The monoisotopic (exact) mass is 434 g/mol. The van der Waals surface area contributed by atoms with Gasteiger partial charge in [0.2, 0.25) is 5.91 Å². The molecule has 2 aromatic carbocycles. The smallest absolute Gasteiger partial charge is 0.258 e. The molecular formula is C25H30N4O3. The van der Waals surface area contributed by atoms with Gasteiger partial charge in [-0.2, -0.15) is 0 Å². The molecule has 4 rings (SSSR count). The van der Waals surface area contributed by atoms with E-state index in [-0.39, 0.29) is 11.8 Å². The number of aromatic nitrogens is 2. The minimum atomic E-state index is -0.165. The number of rotatable bonds is 7. The van der Waals surface area contributed by atoms with E-state index in [4.69, 9.17) is 19.4 Å². The zero-order valence-electron chi connectivity index (χ0n) is 18.9. The number of anilines is 2. The highest BCUT2D eigenvalue weighted by atomic mass is 16.5. The van der Waals surface area contributed by atoms with E-state index in [1.165, 1.54) is 0 Å². The molecule has 32 heavy (non-hydrogen) atoms. The number of piperidine rings is 1. The van der Waals surface area contributed by atoms with E-state index in [0.717, 1.165) is 42.4 Å². The summed E-state index contributed by atoms with van der Waals surface area (Å²) in [5.74, 6) is 1.73. The normalized spacial score (nSPS) is 16.1.